The molecule has 0 spiro atoms. The van der Waals surface area contributed by atoms with Gasteiger partial charge < -0.3 is 9.30 Å². The molecule has 2 aromatic rings. The highest BCUT2D eigenvalue weighted by atomic mass is 19.1. The van der Waals surface area contributed by atoms with Crippen LogP contribution in [-0.2, 0) is 11.8 Å². The van der Waals surface area contributed by atoms with Gasteiger partial charge in [0.05, 0.1) is 12.3 Å². The molecule has 4 nitrogen and oxygen atoms in total. The van der Waals surface area contributed by atoms with Crippen LogP contribution in [0, 0.1) is 12.7 Å². The molecule has 0 amide bonds. The number of aromatic nitrogens is 1. The lowest BCUT2D eigenvalue weighted by Gasteiger charge is -2.15. The Morgan fingerprint density at radius 2 is 1.90 bits per heavy atom. The topological polar surface area (TPSA) is 48.3 Å². The van der Waals surface area contributed by atoms with E-state index in [2.05, 4.69) is 0 Å². The fraction of sp³-hybridized carbons (Fsp3) is 0.250. The number of carbonyl (C=O) groups is 1. The first-order chi connectivity index (χ1) is 9.95. The standard InChI is InChI=1S/C16H16FNO3/c1-4-21-16(20)15-10(2)18(3)13(9-14(15)19)11-5-7-12(17)8-6-11/h5-9H,4H2,1-3H3. The average molecular weight is 289 g/mol. The van der Waals surface area contributed by atoms with Crippen molar-refractivity contribution in [2.45, 2.75) is 13.8 Å². The maximum Gasteiger partial charge on any atom is 0.343 e. The second-order valence-corrected chi connectivity index (χ2v) is 4.64. The molecule has 1 heterocycles. The van der Waals surface area contributed by atoms with Crippen molar-refractivity contribution in [3.05, 3.63) is 57.6 Å². The first kappa shape index (κ1) is 15.0. The van der Waals surface area contributed by atoms with Gasteiger partial charge in [-0.3, -0.25) is 4.79 Å². The van der Waals surface area contributed by atoms with Crippen LogP contribution < -0.4 is 5.43 Å². The molecular formula is C16H16FNO3. The van der Waals surface area contributed by atoms with E-state index in [1.165, 1.54) is 18.2 Å². The van der Waals surface area contributed by atoms with E-state index >= 15 is 0 Å². The molecule has 0 saturated heterocycles. The first-order valence-corrected chi connectivity index (χ1v) is 6.59. The van der Waals surface area contributed by atoms with Crippen LogP contribution in [0.3, 0.4) is 0 Å². The van der Waals surface area contributed by atoms with Crippen LogP contribution in [-0.4, -0.2) is 17.1 Å². The third-order valence-electron chi connectivity index (χ3n) is 3.36. The first-order valence-electron chi connectivity index (χ1n) is 6.59. The summed E-state index contributed by atoms with van der Waals surface area (Å²) in [5, 5.41) is 0. The lowest BCUT2D eigenvalue weighted by atomic mass is 10.1. The largest absolute Gasteiger partial charge is 0.462 e. The number of rotatable bonds is 3. The fourth-order valence-electron chi connectivity index (χ4n) is 2.17. The lowest BCUT2D eigenvalue weighted by Crippen LogP contribution is -2.23. The monoisotopic (exact) mass is 289 g/mol. The van der Waals surface area contributed by atoms with Gasteiger partial charge in [-0.2, -0.15) is 0 Å². The molecule has 0 saturated carbocycles. The van der Waals surface area contributed by atoms with Gasteiger partial charge in [0.2, 0.25) is 0 Å². The quantitative estimate of drug-likeness (QED) is 0.816. The molecule has 21 heavy (non-hydrogen) atoms. The number of halogens is 1. The predicted molar refractivity (Wildman–Crippen MR) is 77.8 cm³/mol. The Bertz CT molecular complexity index is 732. The third-order valence-corrected chi connectivity index (χ3v) is 3.36. The number of benzene rings is 1. The highest BCUT2D eigenvalue weighted by Crippen LogP contribution is 2.20. The summed E-state index contributed by atoms with van der Waals surface area (Å²) in [4.78, 5) is 24.0. The predicted octanol–water partition coefficient (Wildman–Crippen LogP) is 2.68. The van der Waals surface area contributed by atoms with E-state index < -0.39 is 11.4 Å². The number of esters is 1. The zero-order valence-corrected chi connectivity index (χ0v) is 12.1. The van der Waals surface area contributed by atoms with Crippen LogP contribution in [0.2, 0.25) is 0 Å². The van der Waals surface area contributed by atoms with E-state index in [0.717, 1.165) is 0 Å². The summed E-state index contributed by atoms with van der Waals surface area (Å²) in [5.74, 6) is -0.968. The summed E-state index contributed by atoms with van der Waals surface area (Å²) >= 11 is 0. The van der Waals surface area contributed by atoms with Gasteiger partial charge in [0.1, 0.15) is 11.4 Å². The van der Waals surface area contributed by atoms with Crippen LogP contribution >= 0.6 is 0 Å². The molecular weight excluding hydrogens is 273 g/mol. The SMILES string of the molecule is CCOC(=O)c1c(C)n(C)c(-c2ccc(F)cc2)cc1=O. The van der Waals surface area contributed by atoms with Gasteiger partial charge in [-0.1, -0.05) is 0 Å². The van der Waals surface area contributed by atoms with E-state index in [-0.39, 0.29) is 18.0 Å². The number of carbonyl (C=O) groups excluding carboxylic acids is 1. The van der Waals surface area contributed by atoms with Crippen LogP contribution in [0.15, 0.2) is 35.1 Å². The Kier molecular flexibility index (Phi) is 4.21. The zero-order chi connectivity index (χ0) is 15.6. The van der Waals surface area contributed by atoms with Crippen molar-refractivity contribution in [1.29, 1.82) is 0 Å². The summed E-state index contributed by atoms with van der Waals surface area (Å²) < 4.78 is 19.6. The van der Waals surface area contributed by atoms with Gasteiger partial charge in [0.25, 0.3) is 0 Å². The van der Waals surface area contributed by atoms with Crippen molar-refractivity contribution in [2.75, 3.05) is 6.61 Å². The Labute approximate surface area is 121 Å². The Hall–Kier alpha value is -2.43. The Morgan fingerprint density at radius 1 is 1.29 bits per heavy atom. The van der Waals surface area contributed by atoms with Crippen molar-refractivity contribution in [3.8, 4) is 11.3 Å². The maximum absolute atomic E-state index is 13.0. The molecule has 5 heteroatoms. The molecule has 2 rings (SSSR count). The number of ether oxygens (including phenoxy) is 1. The van der Waals surface area contributed by atoms with Gasteiger partial charge in [-0.05, 0) is 43.7 Å². The molecule has 0 aliphatic rings. The van der Waals surface area contributed by atoms with Gasteiger partial charge in [0.15, 0.2) is 5.43 Å². The molecule has 0 fully saturated rings. The van der Waals surface area contributed by atoms with E-state index in [4.69, 9.17) is 4.74 Å². The molecule has 1 aromatic carbocycles. The second-order valence-electron chi connectivity index (χ2n) is 4.64. The third kappa shape index (κ3) is 2.86. The molecule has 110 valence electrons. The van der Waals surface area contributed by atoms with Crippen molar-refractivity contribution in [2.24, 2.45) is 7.05 Å². The van der Waals surface area contributed by atoms with E-state index in [1.54, 1.807) is 37.6 Å². The minimum absolute atomic E-state index is 0.0326. The number of hydrogen-bond acceptors (Lipinski definition) is 3. The average Bonchev–Trinajstić information content (AvgIpc) is 2.44. The van der Waals surface area contributed by atoms with Crippen molar-refractivity contribution in [1.82, 2.24) is 4.57 Å². The number of nitrogens with zero attached hydrogens (tertiary/aromatic N) is 1. The van der Waals surface area contributed by atoms with Crippen molar-refractivity contribution < 1.29 is 13.9 Å². The summed E-state index contributed by atoms with van der Waals surface area (Å²) in [6, 6.07) is 7.20. The number of hydrogen-bond donors (Lipinski definition) is 0. The van der Waals surface area contributed by atoms with E-state index in [1.807, 2.05) is 0 Å². The zero-order valence-electron chi connectivity index (χ0n) is 12.1. The molecule has 0 N–H and O–H groups in total. The minimum atomic E-state index is -0.624. The normalized spacial score (nSPS) is 10.5. The number of pyridine rings is 1. The Balaban J connectivity index is 2.60. The molecule has 0 aliphatic carbocycles. The van der Waals surface area contributed by atoms with Gasteiger partial charge in [-0.15, -0.1) is 0 Å². The highest BCUT2D eigenvalue weighted by Gasteiger charge is 2.18. The molecule has 0 unspecified atom stereocenters. The molecule has 1 aromatic heterocycles. The minimum Gasteiger partial charge on any atom is -0.462 e. The van der Waals surface area contributed by atoms with Crippen molar-refractivity contribution >= 4 is 5.97 Å². The second kappa shape index (κ2) is 5.91. The Morgan fingerprint density at radius 3 is 2.48 bits per heavy atom. The van der Waals surface area contributed by atoms with Crippen LogP contribution in [0.5, 0.6) is 0 Å². The van der Waals surface area contributed by atoms with Gasteiger partial charge >= 0.3 is 5.97 Å². The summed E-state index contributed by atoms with van der Waals surface area (Å²) in [6.07, 6.45) is 0. The molecule has 0 aliphatic heterocycles. The summed E-state index contributed by atoms with van der Waals surface area (Å²) in [5.41, 5.74) is 1.47. The van der Waals surface area contributed by atoms with Crippen molar-refractivity contribution in [3.63, 3.8) is 0 Å². The maximum atomic E-state index is 13.0. The summed E-state index contributed by atoms with van der Waals surface area (Å²) in [6.45, 7) is 3.58. The molecule has 0 atom stereocenters. The van der Waals surface area contributed by atoms with E-state index in [0.29, 0.717) is 17.0 Å². The van der Waals surface area contributed by atoms with E-state index in [9.17, 15) is 14.0 Å². The van der Waals surface area contributed by atoms with Gasteiger partial charge in [-0.25, -0.2) is 9.18 Å². The lowest BCUT2D eigenvalue weighted by molar-refractivity contribution is 0.0523. The van der Waals surface area contributed by atoms with Gasteiger partial charge in [0, 0.05) is 18.8 Å². The summed E-state index contributed by atoms with van der Waals surface area (Å²) in [7, 11) is 1.75. The smallest absolute Gasteiger partial charge is 0.343 e. The molecule has 0 radical (unpaired) electrons. The highest BCUT2D eigenvalue weighted by molar-refractivity contribution is 5.91. The van der Waals surface area contributed by atoms with Crippen LogP contribution in [0.1, 0.15) is 23.0 Å². The fourth-order valence-corrected chi connectivity index (χ4v) is 2.17. The van der Waals surface area contributed by atoms with Crippen LogP contribution in [0.25, 0.3) is 11.3 Å². The van der Waals surface area contributed by atoms with Crippen LogP contribution in [0.4, 0.5) is 4.39 Å². The molecule has 0 bridgehead atoms.